The molecule has 0 fully saturated rings. The quantitative estimate of drug-likeness (QED) is 0.0211. The standard InChI is InChI=1S/C80H127NO8/c1-6-8-10-12-14-16-18-20-22-24-26-28-30-32-34-36-38-39-41-43-45-47-49-51-53-55-57-59-61-63-65-67-69-71-78(83)89-76(75-88-80(79(84)85)86-73-72-81(3,4)5)74-87-77(82)70-68-66-64-62-60-58-56-54-52-50-48-46-44-42-40-37-35-33-31-29-27-25-23-21-19-17-15-13-11-9-7-2/h8-11,14-17,20-23,26-29,32-35,38-40,42-43,45-46,48-49,51,76,80H,6-7,12-13,18-19,24-25,30-31,36-37,41,44,47,50,52-75H2,1-5H3/p+1/b10-8-,11-9-,16-14-,17-15-,22-20-,23-21-,28-26-,29-27-,34-32-,35-33-,39-38-,42-40-,45-43-,48-46-,51-49-. The first-order chi connectivity index (χ1) is 43.6. The van der Waals surface area contributed by atoms with E-state index in [-0.39, 0.29) is 38.6 Å². The molecule has 0 aliphatic heterocycles. The lowest BCUT2D eigenvalue weighted by Gasteiger charge is -2.25. The molecule has 0 spiro atoms. The molecule has 89 heavy (non-hydrogen) atoms. The van der Waals surface area contributed by atoms with Gasteiger partial charge in [0.15, 0.2) is 6.10 Å². The van der Waals surface area contributed by atoms with Crippen LogP contribution >= 0.6 is 0 Å². The fourth-order valence-corrected chi connectivity index (χ4v) is 8.89. The number of unbranched alkanes of at least 4 members (excludes halogenated alkanes) is 17. The molecule has 0 saturated heterocycles. The largest absolute Gasteiger partial charge is 0.477 e. The van der Waals surface area contributed by atoms with Gasteiger partial charge in [-0.2, -0.15) is 0 Å². The van der Waals surface area contributed by atoms with Gasteiger partial charge in [0, 0.05) is 12.8 Å². The van der Waals surface area contributed by atoms with Crippen molar-refractivity contribution in [2.24, 2.45) is 0 Å². The third-order valence-electron chi connectivity index (χ3n) is 14.2. The predicted molar refractivity (Wildman–Crippen MR) is 382 cm³/mol. The van der Waals surface area contributed by atoms with E-state index in [0.29, 0.717) is 17.4 Å². The van der Waals surface area contributed by atoms with Gasteiger partial charge in [-0.25, -0.2) is 4.79 Å². The van der Waals surface area contributed by atoms with E-state index < -0.39 is 24.3 Å². The first-order valence-corrected chi connectivity index (χ1v) is 34.9. The molecule has 0 aromatic carbocycles. The van der Waals surface area contributed by atoms with Crippen LogP contribution in [-0.2, 0) is 33.3 Å². The molecule has 0 aromatic rings. The van der Waals surface area contributed by atoms with Crippen molar-refractivity contribution in [1.29, 1.82) is 0 Å². The number of carboxylic acids is 1. The number of esters is 2. The minimum absolute atomic E-state index is 0.175. The summed E-state index contributed by atoms with van der Waals surface area (Å²) in [5, 5.41) is 9.75. The zero-order valence-corrected chi connectivity index (χ0v) is 57.0. The predicted octanol–water partition coefficient (Wildman–Crippen LogP) is 22.0. The molecule has 2 unspecified atom stereocenters. The fourth-order valence-electron chi connectivity index (χ4n) is 8.89. The van der Waals surface area contributed by atoms with Crippen LogP contribution in [0.15, 0.2) is 182 Å². The number of carboxylic acid groups (broad SMARTS) is 1. The molecule has 0 amide bonds. The average Bonchev–Trinajstić information content (AvgIpc) is 3.64. The van der Waals surface area contributed by atoms with Gasteiger partial charge in [0.25, 0.3) is 6.29 Å². The minimum atomic E-state index is -1.53. The summed E-state index contributed by atoms with van der Waals surface area (Å²) in [5.74, 6) is -2.04. The van der Waals surface area contributed by atoms with Gasteiger partial charge in [-0.1, -0.05) is 280 Å². The van der Waals surface area contributed by atoms with Crippen molar-refractivity contribution in [3.63, 3.8) is 0 Å². The SMILES string of the molecule is CC/C=C\C/C=C\C/C=C\C/C=C\C/C=C\C/C=C\C/C=C\C/C=C\CCCCCCCCCCC(=O)OC(COC(=O)CCCCCCCCCCC/C=C\C/C=C\C/C=C\C/C=C\C/C=C\C/C=C\C/C=C\CC)COC(OCC[N+](C)(C)C)C(=O)O. The Morgan fingerprint density at radius 3 is 0.899 bits per heavy atom. The number of ether oxygens (including phenoxy) is 4. The molecule has 1 N–H and O–H groups in total. The lowest BCUT2D eigenvalue weighted by atomic mass is 10.1. The molecule has 0 aromatic heterocycles. The molecule has 0 aliphatic rings. The first-order valence-electron chi connectivity index (χ1n) is 34.9. The number of likely N-dealkylation sites (N-methyl/N-ethyl adjacent to an activating group) is 1. The topological polar surface area (TPSA) is 108 Å². The van der Waals surface area contributed by atoms with Crippen LogP contribution in [-0.4, -0.2) is 87.4 Å². The molecule has 9 heteroatoms. The Bertz CT molecular complexity index is 2120. The molecule has 0 rings (SSSR count). The van der Waals surface area contributed by atoms with Crippen LogP contribution in [0.3, 0.4) is 0 Å². The van der Waals surface area contributed by atoms with E-state index in [1.54, 1.807) is 0 Å². The van der Waals surface area contributed by atoms with Gasteiger partial charge in [0.2, 0.25) is 0 Å². The first kappa shape index (κ1) is 83.4. The van der Waals surface area contributed by atoms with Gasteiger partial charge in [0.05, 0.1) is 34.4 Å². The van der Waals surface area contributed by atoms with Gasteiger partial charge in [0.1, 0.15) is 13.2 Å². The summed E-state index contributed by atoms with van der Waals surface area (Å²) in [4.78, 5) is 37.6. The van der Waals surface area contributed by atoms with Gasteiger partial charge >= 0.3 is 17.9 Å². The lowest BCUT2D eigenvalue weighted by Crippen LogP contribution is -2.40. The van der Waals surface area contributed by atoms with Crippen LogP contribution in [0.1, 0.15) is 245 Å². The summed E-state index contributed by atoms with van der Waals surface area (Å²) in [6.07, 6.45) is 101. The smallest absolute Gasteiger partial charge is 0.361 e. The maximum Gasteiger partial charge on any atom is 0.361 e. The Hall–Kier alpha value is -5.61. The van der Waals surface area contributed by atoms with E-state index in [0.717, 1.165) is 154 Å². The number of nitrogens with zero attached hydrogens (tertiary/aromatic N) is 1. The highest BCUT2D eigenvalue weighted by atomic mass is 16.7. The van der Waals surface area contributed by atoms with Gasteiger partial charge < -0.3 is 28.5 Å². The van der Waals surface area contributed by atoms with Crippen molar-refractivity contribution >= 4 is 17.9 Å². The van der Waals surface area contributed by atoms with Crippen molar-refractivity contribution in [3.8, 4) is 0 Å². The lowest BCUT2D eigenvalue weighted by molar-refractivity contribution is -0.870. The van der Waals surface area contributed by atoms with E-state index in [4.69, 9.17) is 18.9 Å². The Balaban J connectivity index is 4.24. The number of hydrogen-bond donors (Lipinski definition) is 1. The van der Waals surface area contributed by atoms with Crippen molar-refractivity contribution in [2.45, 2.75) is 257 Å². The van der Waals surface area contributed by atoms with Gasteiger partial charge in [-0.3, -0.25) is 9.59 Å². The molecule has 0 heterocycles. The number of quaternary nitrogens is 1. The van der Waals surface area contributed by atoms with Crippen molar-refractivity contribution in [2.75, 3.05) is 47.5 Å². The number of allylic oxidation sites excluding steroid dienone is 30. The Kier molecular flexibility index (Phi) is 64.0. The fraction of sp³-hybridized carbons (Fsp3) is 0.588. The highest BCUT2D eigenvalue weighted by Gasteiger charge is 2.25. The highest BCUT2D eigenvalue weighted by molar-refractivity contribution is 5.71. The molecular weight excluding hydrogens is 1100 g/mol. The molecule has 0 saturated carbocycles. The van der Waals surface area contributed by atoms with Gasteiger partial charge in [-0.05, 0) is 135 Å². The number of carbonyl (C=O) groups excluding carboxylic acids is 2. The second kappa shape index (κ2) is 68.3. The van der Waals surface area contributed by atoms with E-state index in [9.17, 15) is 19.5 Å². The summed E-state index contributed by atoms with van der Waals surface area (Å²) < 4.78 is 23.0. The molecule has 2 atom stereocenters. The van der Waals surface area contributed by atoms with E-state index in [1.165, 1.54) is 57.8 Å². The zero-order chi connectivity index (χ0) is 64.7. The van der Waals surface area contributed by atoms with Crippen molar-refractivity contribution in [3.05, 3.63) is 182 Å². The number of carbonyl (C=O) groups is 3. The second-order valence-corrected chi connectivity index (χ2v) is 23.7. The summed E-state index contributed by atoms with van der Waals surface area (Å²) in [5.41, 5.74) is 0. The number of rotatable bonds is 62. The van der Waals surface area contributed by atoms with Crippen LogP contribution < -0.4 is 0 Å². The summed E-state index contributed by atoms with van der Waals surface area (Å²) in [6.45, 7) is 4.61. The van der Waals surface area contributed by atoms with Crippen LogP contribution in [0.4, 0.5) is 0 Å². The Labute approximate surface area is 545 Å². The second-order valence-electron chi connectivity index (χ2n) is 23.7. The van der Waals surface area contributed by atoms with Crippen molar-refractivity contribution < 1.29 is 42.9 Å². The molecule has 0 radical (unpaired) electrons. The maximum absolute atomic E-state index is 13.0. The Morgan fingerprint density at radius 1 is 0.337 bits per heavy atom. The van der Waals surface area contributed by atoms with Crippen LogP contribution in [0.25, 0.3) is 0 Å². The molecular formula is C80H128NO8+. The van der Waals surface area contributed by atoms with Gasteiger partial charge in [-0.15, -0.1) is 0 Å². The average molecular weight is 1230 g/mol. The summed E-state index contributed by atoms with van der Waals surface area (Å²) in [6, 6.07) is 0. The summed E-state index contributed by atoms with van der Waals surface area (Å²) >= 11 is 0. The zero-order valence-electron chi connectivity index (χ0n) is 57.0. The van der Waals surface area contributed by atoms with E-state index in [2.05, 4.69) is 196 Å². The number of aliphatic carboxylic acids is 1. The minimum Gasteiger partial charge on any atom is -0.477 e. The maximum atomic E-state index is 13.0. The monoisotopic (exact) mass is 1230 g/mol. The Morgan fingerprint density at radius 2 is 0.607 bits per heavy atom. The number of hydrogen-bond acceptors (Lipinski definition) is 7. The normalized spacial score (nSPS) is 13.9. The third-order valence-corrected chi connectivity index (χ3v) is 14.2. The molecule has 0 aliphatic carbocycles. The molecule has 9 nitrogen and oxygen atoms in total. The highest BCUT2D eigenvalue weighted by Crippen LogP contribution is 2.15. The van der Waals surface area contributed by atoms with Crippen LogP contribution in [0.2, 0.25) is 0 Å². The third kappa shape index (κ3) is 69.7. The van der Waals surface area contributed by atoms with E-state index in [1.807, 2.05) is 21.1 Å². The molecule has 0 bridgehead atoms. The van der Waals surface area contributed by atoms with Crippen LogP contribution in [0, 0.1) is 0 Å². The molecule has 500 valence electrons. The van der Waals surface area contributed by atoms with Crippen molar-refractivity contribution in [1.82, 2.24) is 0 Å². The summed E-state index contributed by atoms with van der Waals surface area (Å²) in [7, 11) is 5.96. The van der Waals surface area contributed by atoms with Crippen LogP contribution in [0.5, 0.6) is 0 Å². The van der Waals surface area contributed by atoms with E-state index >= 15 is 0 Å².